The molecule has 0 radical (unpaired) electrons. The maximum Gasteiger partial charge on any atom is 0.335 e. The predicted octanol–water partition coefficient (Wildman–Crippen LogP) is 5.56. The number of rotatable bonds is 7. The Hall–Kier alpha value is -3.11. The van der Waals surface area contributed by atoms with Gasteiger partial charge in [0, 0.05) is 29.9 Å². The third-order valence-electron chi connectivity index (χ3n) is 7.32. The van der Waals surface area contributed by atoms with Gasteiger partial charge in [0.25, 0.3) is 0 Å². The van der Waals surface area contributed by atoms with Gasteiger partial charge < -0.3 is 10.4 Å². The van der Waals surface area contributed by atoms with Gasteiger partial charge >= 0.3 is 5.97 Å². The summed E-state index contributed by atoms with van der Waals surface area (Å²) in [5.74, 6) is -0.885. The van der Waals surface area contributed by atoms with Gasteiger partial charge in [-0.1, -0.05) is 60.7 Å². The van der Waals surface area contributed by atoms with Crippen LogP contribution in [-0.4, -0.2) is 34.6 Å². The maximum absolute atomic E-state index is 11.2. The molecule has 0 saturated carbocycles. The van der Waals surface area contributed by atoms with Crippen molar-refractivity contribution in [2.45, 2.75) is 49.7 Å². The molecule has 2 heterocycles. The summed E-state index contributed by atoms with van der Waals surface area (Å²) in [4.78, 5) is 13.9. The summed E-state index contributed by atoms with van der Waals surface area (Å²) in [5, 5.41) is 12.9. The van der Waals surface area contributed by atoms with Gasteiger partial charge in [-0.2, -0.15) is 0 Å². The summed E-state index contributed by atoms with van der Waals surface area (Å²) in [5.41, 5.74) is 4.20. The number of carboxylic acids is 1. The smallest absolute Gasteiger partial charge is 0.335 e. The molecule has 3 unspecified atom stereocenters. The Morgan fingerprint density at radius 3 is 2.34 bits per heavy atom. The monoisotopic (exact) mass is 426 g/mol. The summed E-state index contributed by atoms with van der Waals surface area (Å²) >= 11 is 0. The third kappa shape index (κ3) is 4.03. The second kappa shape index (κ2) is 8.79. The first kappa shape index (κ1) is 20.8. The van der Waals surface area contributed by atoms with Crippen molar-refractivity contribution >= 4 is 11.7 Å². The lowest BCUT2D eigenvalue weighted by Gasteiger charge is -2.48. The van der Waals surface area contributed by atoms with Crippen molar-refractivity contribution in [2.24, 2.45) is 0 Å². The quantitative estimate of drug-likeness (QED) is 0.519. The summed E-state index contributed by atoms with van der Waals surface area (Å²) < 4.78 is 0. The molecule has 2 fully saturated rings. The number of benzene rings is 3. The molecule has 5 rings (SSSR count). The molecule has 2 N–H and O–H groups in total. The molecule has 3 atom stereocenters. The number of aromatic carboxylic acids is 1. The Morgan fingerprint density at radius 1 is 0.969 bits per heavy atom. The van der Waals surface area contributed by atoms with E-state index in [4.69, 9.17) is 0 Å². The molecule has 164 valence electrons. The minimum atomic E-state index is -0.885. The number of hydrogen-bond donors (Lipinski definition) is 2. The molecule has 2 aliphatic rings. The van der Waals surface area contributed by atoms with E-state index >= 15 is 0 Å². The largest absolute Gasteiger partial charge is 0.478 e. The van der Waals surface area contributed by atoms with Crippen LogP contribution in [-0.2, 0) is 12.0 Å². The molecule has 0 aromatic heterocycles. The van der Waals surface area contributed by atoms with Gasteiger partial charge in [0.1, 0.15) is 0 Å². The highest BCUT2D eigenvalue weighted by Crippen LogP contribution is 2.51. The van der Waals surface area contributed by atoms with Crippen molar-refractivity contribution < 1.29 is 9.90 Å². The zero-order valence-electron chi connectivity index (χ0n) is 18.3. The van der Waals surface area contributed by atoms with E-state index in [1.54, 1.807) is 12.1 Å². The molecule has 2 saturated heterocycles. The molecule has 3 aromatic rings. The molecule has 2 aliphatic heterocycles. The molecule has 2 bridgehead atoms. The number of carboxylic acid groups (broad SMARTS) is 1. The zero-order chi connectivity index (χ0) is 22.0. The normalized spacial score (nSPS) is 24.9. The second-order valence-electron chi connectivity index (χ2n) is 9.18. The van der Waals surface area contributed by atoms with E-state index in [1.165, 1.54) is 24.0 Å². The highest BCUT2D eigenvalue weighted by atomic mass is 16.4. The second-order valence-corrected chi connectivity index (χ2v) is 9.18. The minimum Gasteiger partial charge on any atom is -0.478 e. The highest BCUT2D eigenvalue weighted by molar-refractivity contribution is 5.88. The summed E-state index contributed by atoms with van der Waals surface area (Å²) in [6.45, 7) is 1.07. The highest BCUT2D eigenvalue weighted by Gasteiger charge is 2.52. The van der Waals surface area contributed by atoms with Crippen molar-refractivity contribution in [3.05, 3.63) is 102 Å². The number of piperidine rings is 1. The van der Waals surface area contributed by atoms with E-state index in [0.29, 0.717) is 17.6 Å². The van der Waals surface area contributed by atoms with Crippen LogP contribution in [0.2, 0.25) is 0 Å². The lowest BCUT2D eigenvalue weighted by molar-refractivity contribution is 0.0457. The van der Waals surface area contributed by atoms with E-state index in [0.717, 1.165) is 31.5 Å². The van der Waals surface area contributed by atoms with Crippen LogP contribution in [0, 0.1) is 0 Å². The number of anilines is 1. The van der Waals surface area contributed by atoms with Gasteiger partial charge in [-0.05, 0) is 67.5 Å². The van der Waals surface area contributed by atoms with Crippen LogP contribution in [0.25, 0.3) is 0 Å². The number of nitrogens with one attached hydrogen (secondary N) is 1. The number of hydrogen-bond acceptors (Lipinski definition) is 3. The average molecular weight is 427 g/mol. The summed E-state index contributed by atoms with van der Waals surface area (Å²) in [6.07, 6.45) is 5.65. The predicted molar refractivity (Wildman–Crippen MR) is 128 cm³/mol. The molecule has 0 spiro atoms. The average Bonchev–Trinajstić information content (AvgIpc) is 3.05. The zero-order valence-corrected chi connectivity index (χ0v) is 18.3. The molecule has 0 aliphatic carbocycles. The lowest BCUT2D eigenvalue weighted by atomic mass is 9.79. The van der Waals surface area contributed by atoms with Crippen molar-refractivity contribution in [3.8, 4) is 0 Å². The topological polar surface area (TPSA) is 52.6 Å². The molecule has 4 nitrogen and oxygen atoms in total. The Kier molecular flexibility index (Phi) is 5.71. The SMILES string of the molecule is O=C(O)c1ccc(NC2CC3CCC(c4ccccc4)(C2)N3CCc2ccccc2)cc1. The molecular weight excluding hydrogens is 396 g/mol. The third-order valence-corrected chi connectivity index (χ3v) is 7.32. The molecule has 4 heteroatoms. The van der Waals surface area contributed by atoms with Gasteiger partial charge in [0.05, 0.1) is 5.56 Å². The first-order chi connectivity index (χ1) is 15.6. The van der Waals surface area contributed by atoms with Gasteiger partial charge in [-0.15, -0.1) is 0 Å². The molecule has 32 heavy (non-hydrogen) atoms. The maximum atomic E-state index is 11.2. The first-order valence-corrected chi connectivity index (χ1v) is 11.6. The van der Waals surface area contributed by atoms with E-state index in [9.17, 15) is 9.90 Å². The van der Waals surface area contributed by atoms with E-state index in [2.05, 4.69) is 70.9 Å². The van der Waals surface area contributed by atoms with E-state index in [1.807, 2.05) is 12.1 Å². The van der Waals surface area contributed by atoms with Gasteiger partial charge in [0.15, 0.2) is 0 Å². The van der Waals surface area contributed by atoms with E-state index in [-0.39, 0.29) is 5.54 Å². The van der Waals surface area contributed by atoms with Crippen LogP contribution in [0.3, 0.4) is 0 Å². The van der Waals surface area contributed by atoms with Crippen LogP contribution >= 0.6 is 0 Å². The minimum absolute atomic E-state index is 0.0532. The van der Waals surface area contributed by atoms with Crippen molar-refractivity contribution in [1.29, 1.82) is 0 Å². The fourth-order valence-electron chi connectivity index (χ4n) is 5.86. The first-order valence-electron chi connectivity index (χ1n) is 11.6. The van der Waals surface area contributed by atoms with Crippen molar-refractivity contribution in [2.75, 3.05) is 11.9 Å². The van der Waals surface area contributed by atoms with Crippen molar-refractivity contribution in [1.82, 2.24) is 4.90 Å². The van der Waals surface area contributed by atoms with Crippen LogP contribution < -0.4 is 5.32 Å². The molecule has 0 amide bonds. The number of nitrogens with zero attached hydrogens (tertiary/aromatic N) is 1. The standard InChI is InChI=1S/C28H30N2O2/c31-27(32)22-11-13-24(14-12-22)29-25-19-26-15-17-28(20-25,23-9-5-2-6-10-23)30(26)18-16-21-7-3-1-4-8-21/h1-14,25-26,29H,15-20H2,(H,31,32). The summed E-state index contributed by atoms with van der Waals surface area (Å²) in [7, 11) is 0. The van der Waals surface area contributed by atoms with Crippen LogP contribution in [0.1, 0.15) is 47.2 Å². The summed E-state index contributed by atoms with van der Waals surface area (Å²) in [6, 6.07) is 29.9. The number of fused-ring (bicyclic) bond motifs is 2. The lowest BCUT2D eigenvalue weighted by Crippen LogP contribution is -2.54. The van der Waals surface area contributed by atoms with Crippen molar-refractivity contribution in [3.63, 3.8) is 0 Å². The molecule has 3 aromatic carbocycles. The fourth-order valence-corrected chi connectivity index (χ4v) is 5.86. The Bertz CT molecular complexity index is 1050. The van der Waals surface area contributed by atoms with E-state index < -0.39 is 5.97 Å². The Balaban J connectivity index is 1.38. The Labute approximate surface area is 189 Å². The van der Waals surface area contributed by atoms with Crippen LogP contribution in [0.5, 0.6) is 0 Å². The van der Waals surface area contributed by atoms with Gasteiger partial charge in [0.2, 0.25) is 0 Å². The molecular formula is C28H30N2O2. The number of carbonyl (C=O) groups is 1. The Morgan fingerprint density at radius 2 is 1.66 bits per heavy atom. The van der Waals surface area contributed by atoms with Crippen LogP contribution in [0.4, 0.5) is 5.69 Å². The fraction of sp³-hybridized carbons (Fsp3) is 0.321. The van der Waals surface area contributed by atoms with Crippen LogP contribution in [0.15, 0.2) is 84.9 Å². The van der Waals surface area contributed by atoms with Gasteiger partial charge in [-0.25, -0.2) is 4.79 Å². The van der Waals surface area contributed by atoms with Gasteiger partial charge in [-0.3, -0.25) is 4.90 Å².